The maximum absolute atomic E-state index is 6.00. The van der Waals surface area contributed by atoms with Crippen LogP contribution in [0.5, 0.6) is 5.75 Å². The summed E-state index contributed by atoms with van der Waals surface area (Å²) in [7, 11) is 0. The Bertz CT molecular complexity index is 543. The molecule has 4 nitrogen and oxygen atoms in total. The molecule has 0 unspecified atom stereocenters. The molecule has 1 aromatic heterocycles. The van der Waals surface area contributed by atoms with Crippen molar-refractivity contribution in [1.29, 1.82) is 0 Å². The van der Waals surface area contributed by atoms with Gasteiger partial charge in [0.25, 0.3) is 0 Å². The number of ether oxygens (including phenoxy) is 1. The van der Waals surface area contributed by atoms with Gasteiger partial charge in [-0.15, -0.1) is 0 Å². The van der Waals surface area contributed by atoms with Crippen LogP contribution in [0.25, 0.3) is 11.0 Å². The van der Waals surface area contributed by atoms with Gasteiger partial charge in [-0.2, -0.15) is 0 Å². The zero-order chi connectivity index (χ0) is 13.3. The summed E-state index contributed by atoms with van der Waals surface area (Å²) in [5.41, 5.74) is 7.89. The van der Waals surface area contributed by atoms with Gasteiger partial charge in [0.2, 0.25) is 5.95 Å². The Morgan fingerprint density at radius 3 is 2.61 bits per heavy atom. The van der Waals surface area contributed by atoms with Gasteiger partial charge in [-0.3, -0.25) is 0 Å². The largest absolute Gasteiger partial charge is 0.489 e. The average molecular weight is 247 g/mol. The SMILES string of the molecule is CC(C)Cn1c(N)nc2c(OC(C)C)cccc21. The number of fused-ring (bicyclic) bond motifs is 1. The molecule has 98 valence electrons. The highest BCUT2D eigenvalue weighted by atomic mass is 16.5. The summed E-state index contributed by atoms with van der Waals surface area (Å²) in [4.78, 5) is 4.43. The first-order valence-corrected chi connectivity index (χ1v) is 6.40. The molecule has 0 saturated heterocycles. The van der Waals surface area contributed by atoms with Crippen LogP contribution in [0, 0.1) is 5.92 Å². The third kappa shape index (κ3) is 2.42. The minimum Gasteiger partial charge on any atom is -0.489 e. The van der Waals surface area contributed by atoms with Crippen LogP contribution in [-0.4, -0.2) is 15.7 Å². The highest BCUT2D eigenvalue weighted by Crippen LogP contribution is 2.28. The van der Waals surface area contributed by atoms with Crippen LogP contribution in [0.15, 0.2) is 18.2 Å². The molecule has 2 aromatic rings. The quantitative estimate of drug-likeness (QED) is 0.903. The molecule has 2 rings (SSSR count). The van der Waals surface area contributed by atoms with Crippen molar-refractivity contribution in [3.8, 4) is 5.75 Å². The molecule has 4 heteroatoms. The number of nitrogens with two attached hydrogens (primary N) is 1. The van der Waals surface area contributed by atoms with Crippen molar-refractivity contribution in [2.24, 2.45) is 5.92 Å². The third-order valence-corrected chi connectivity index (χ3v) is 2.68. The molecule has 0 amide bonds. The predicted octanol–water partition coefficient (Wildman–Crippen LogP) is 3.06. The monoisotopic (exact) mass is 247 g/mol. The molecule has 0 saturated carbocycles. The molecule has 0 atom stereocenters. The van der Waals surface area contributed by atoms with E-state index in [2.05, 4.69) is 18.8 Å². The third-order valence-electron chi connectivity index (χ3n) is 2.68. The molecule has 0 bridgehead atoms. The van der Waals surface area contributed by atoms with Crippen LogP contribution in [0.1, 0.15) is 27.7 Å². The molecule has 0 radical (unpaired) electrons. The maximum Gasteiger partial charge on any atom is 0.201 e. The first kappa shape index (κ1) is 12.7. The maximum atomic E-state index is 6.00. The summed E-state index contributed by atoms with van der Waals surface area (Å²) in [6.07, 6.45) is 0.132. The second kappa shape index (κ2) is 4.88. The molecule has 0 aliphatic carbocycles. The van der Waals surface area contributed by atoms with E-state index in [1.807, 2.05) is 36.6 Å². The Labute approximate surface area is 108 Å². The lowest BCUT2D eigenvalue weighted by Gasteiger charge is -2.11. The minimum absolute atomic E-state index is 0.132. The van der Waals surface area contributed by atoms with Gasteiger partial charge in [0, 0.05) is 6.54 Å². The number of hydrogen-bond acceptors (Lipinski definition) is 3. The Hall–Kier alpha value is -1.71. The van der Waals surface area contributed by atoms with E-state index < -0.39 is 0 Å². The first-order chi connectivity index (χ1) is 8.49. The zero-order valence-corrected chi connectivity index (χ0v) is 11.5. The van der Waals surface area contributed by atoms with Crippen LogP contribution in [-0.2, 0) is 6.54 Å². The van der Waals surface area contributed by atoms with E-state index in [0.29, 0.717) is 11.9 Å². The van der Waals surface area contributed by atoms with Gasteiger partial charge in [0.05, 0.1) is 11.6 Å². The van der Waals surface area contributed by atoms with E-state index in [-0.39, 0.29) is 6.10 Å². The summed E-state index contributed by atoms with van der Waals surface area (Å²) < 4.78 is 7.82. The number of nitrogen functional groups attached to an aromatic ring is 1. The summed E-state index contributed by atoms with van der Waals surface area (Å²) in [5.74, 6) is 1.88. The standard InChI is InChI=1S/C14H21N3O/c1-9(2)8-17-11-6-5-7-12(18-10(3)4)13(11)16-14(17)15/h5-7,9-10H,8H2,1-4H3,(H2,15,16). The molecule has 0 aliphatic rings. The number of rotatable bonds is 4. The van der Waals surface area contributed by atoms with Crippen LogP contribution in [0.2, 0.25) is 0 Å². The summed E-state index contributed by atoms with van der Waals surface area (Å²) in [6.45, 7) is 9.22. The van der Waals surface area contributed by atoms with E-state index in [0.717, 1.165) is 23.3 Å². The fourth-order valence-corrected chi connectivity index (χ4v) is 2.05. The second-order valence-corrected chi connectivity index (χ2v) is 5.26. The lowest BCUT2D eigenvalue weighted by atomic mass is 10.2. The second-order valence-electron chi connectivity index (χ2n) is 5.26. The molecule has 18 heavy (non-hydrogen) atoms. The van der Waals surface area contributed by atoms with E-state index in [1.165, 1.54) is 0 Å². The van der Waals surface area contributed by atoms with Crippen LogP contribution in [0.3, 0.4) is 0 Å². The van der Waals surface area contributed by atoms with Gasteiger partial charge in [-0.25, -0.2) is 4.98 Å². The summed E-state index contributed by atoms with van der Waals surface area (Å²) >= 11 is 0. The van der Waals surface area contributed by atoms with E-state index in [1.54, 1.807) is 0 Å². The number of aromatic nitrogens is 2. The molecular weight excluding hydrogens is 226 g/mol. The van der Waals surface area contributed by atoms with Crippen molar-refractivity contribution in [3.05, 3.63) is 18.2 Å². The summed E-state index contributed by atoms with van der Waals surface area (Å²) in [6, 6.07) is 5.96. The number of hydrogen-bond donors (Lipinski definition) is 1. The van der Waals surface area contributed by atoms with E-state index in [9.17, 15) is 0 Å². The number of anilines is 1. The van der Waals surface area contributed by atoms with E-state index in [4.69, 9.17) is 10.5 Å². The Kier molecular flexibility index (Phi) is 3.45. The number of benzene rings is 1. The lowest BCUT2D eigenvalue weighted by molar-refractivity contribution is 0.245. The van der Waals surface area contributed by atoms with Crippen molar-refractivity contribution in [2.75, 3.05) is 5.73 Å². The van der Waals surface area contributed by atoms with Gasteiger partial charge in [-0.1, -0.05) is 19.9 Å². The van der Waals surface area contributed by atoms with Crippen LogP contribution >= 0.6 is 0 Å². The van der Waals surface area contributed by atoms with Gasteiger partial charge in [0.1, 0.15) is 11.3 Å². The number of imidazole rings is 1. The van der Waals surface area contributed by atoms with Crippen LogP contribution < -0.4 is 10.5 Å². The van der Waals surface area contributed by atoms with Gasteiger partial charge in [0.15, 0.2) is 0 Å². The van der Waals surface area contributed by atoms with Gasteiger partial charge < -0.3 is 15.0 Å². The first-order valence-electron chi connectivity index (χ1n) is 6.40. The normalized spacial score (nSPS) is 11.7. The molecule has 0 spiro atoms. The number of nitrogens with zero attached hydrogens (tertiary/aromatic N) is 2. The lowest BCUT2D eigenvalue weighted by Crippen LogP contribution is -2.08. The average Bonchev–Trinajstić information content (AvgIpc) is 2.56. The van der Waals surface area contributed by atoms with Crippen molar-refractivity contribution < 1.29 is 4.74 Å². The Balaban J connectivity index is 2.52. The van der Waals surface area contributed by atoms with Crippen molar-refractivity contribution in [2.45, 2.75) is 40.3 Å². The smallest absolute Gasteiger partial charge is 0.201 e. The molecular formula is C14H21N3O. The van der Waals surface area contributed by atoms with Crippen molar-refractivity contribution >= 4 is 17.0 Å². The minimum atomic E-state index is 0.132. The zero-order valence-electron chi connectivity index (χ0n) is 11.5. The fraction of sp³-hybridized carbons (Fsp3) is 0.500. The van der Waals surface area contributed by atoms with Gasteiger partial charge >= 0.3 is 0 Å². The predicted molar refractivity (Wildman–Crippen MR) is 74.7 cm³/mol. The van der Waals surface area contributed by atoms with Crippen molar-refractivity contribution in [3.63, 3.8) is 0 Å². The molecule has 1 heterocycles. The molecule has 1 aromatic carbocycles. The molecule has 0 fully saturated rings. The highest BCUT2D eigenvalue weighted by Gasteiger charge is 2.13. The molecule has 2 N–H and O–H groups in total. The summed E-state index contributed by atoms with van der Waals surface area (Å²) in [5, 5.41) is 0. The Morgan fingerprint density at radius 2 is 2.00 bits per heavy atom. The topological polar surface area (TPSA) is 53.1 Å². The molecule has 0 aliphatic heterocycles. The van der Waals surface area contributed by atoms with E-state index >= 15 is 0 Å². The highest BCUT2D eigenvalue weighted by molar-refractivity contribution is 5.84. The Morgan fingerprint density at radius 1 is 1.28 bits per heavy atom. The number of para-hydroxylation sites is 1. The van der Waals surface area contributed by atoms with Crippen molar-refractivity contribution in [1.82, 2.24) is 9.55 Å². The van der Waals surface area contributed by atoms with Gasteiger partial charge in [-0.05, 0) is 31.9 Å². The fourth-order valence-electron chi connectivity index (χ4n) is 2.05. The van der Waals surface area contributed by atoms with Crippen LogP contribution in [0.4, 0.5) is 5.95 Å².